The second-order valence-corrected chi connectivity index (χ2v) is 5.16. The summed E-state index contributed by atoms with van der Waals surface area (Å²) in [4.78, 5) is 10.4. The molecule has 0 radical (unpaired) electrons. The fourth-order valence-electron chi connectivity index (χ4n) is 1.62. The predicted molar refractivity (Wildman–Crippen MR) is 63.7 cm³/mol. The van der Waals surface area contributed by atoms with Crippen molar-refractivity contribution in [1.29, 1.82) is 0 Å². The lowest BCUT2D eigenvalue weighted by Gasteiger charge is -2.14. The molecule has 0 aromatic carbocycles. The van der Waals surface area contributed by atoms with Crippen molar-refractivity contribution in [3.8, 4) is 0 Å². The van der Waals surface area contributed by atoms with Crippen LogP contribution in [0.3, 0.4) is 0 Å². The third-order valence-electron chi connectivity index (χ3n) is 2.69. The predicted octanol–water partition coefficient (Wildman–Crippen LogP) is 1.16. The maximum atomic E-state index is 10.4. The number of hydrogen-bond donors (Lipinski definition) is 2. The van der Waals surface area contributed by atoms with Gasteiger partial charge >= 0.3 is 0 Å². The standard InChI is InChI=1S/C11H17N5O/c1-7(12-6-17)10-14-13-9-5-8(11(2,3)4)15-16(9)10/h5-7,13H,1-4H3,(H,12,17). The van der Waals surface area contributed by atoms with Crippen molar-refractivity contribution in [2.75, 3.05) is 0 Å². The lowest BCUT2D eigenvalue weighted by molar-refractivity contribution is -0.110. The fraction of sp³-hybridized carbons (Fsp3) is 0.545. The first-order chi connectivity index (χ1) is 7.93. The molecule has 2 aromatic heterocycles. The number of amides is 1. The van der Waals surface area contributed by atoms with Crippen LogP contribution in [0.2, 0.25) is 0 Å². The van der Waals surface area contributed by atoms with Crippen LogP contribution in [0.1, 0.15) is 45.3 Å². The largest absolute Gasteiger partial charge is 0.349 e. The molecular weight excluding hydrogens is 218 g/mol. The molecule has 0 bridgehead atoms. The maximum absolute atomic E-state index is 10.4. The second kappa shape index (κ2) is 3.87. The van der Waals surface area contributed by atoms with Crippen molar-refractivity contribution in [1.82, 2.24) is 25.1 Å². The van der Waals surface area contributed by atoms with Crippen LogP contribution in [-0.4, -0.2) is 26.2 Å². The van der Waals surface area contributed by atoms with Crippen LogP contribution < -0.4 is 5.32 Å². The van der Waals surface area contributed by atoms with Crippen molar-refractivity contribution >= 4 is 12.1 Å². The van der Waals surface area contributed by atoms with Gasteiger partial charge in [0, 0.05) is 11.5 Å². The number of aromatic amines is 1. The molecule has 17 heavy (non-hydrogen) atoms. The van der Waals surface area contributed by atoms with E-state index in [4.69, 9.17) is 0 Å². The third kappa shape index (κ3) is 2.02. The van der Waals surface area contributed by atoms with Crippen molar-refractivity contribution in [3.05, 3.63) is 17.6 Å². The van der Waals surface area contributed by atoms with Crippen molar-refractivity contribution in [3.63, 3.8) is 0 Å². The number of carbonyl (C=O) groups excluding carboxylic acids is 1. The van der Waals surface area contributed by atoms with Gasteiger partial charge in [-0.15, -0.1) is 0 Å². The molecule has 6 heteroatoms. The van der Waals surface area contributed by atoms with Crippen LogP contribution in [0, 0.1) is 0 Å². The van der Waals surface area contributed by atoms with E-state index in [1.54, 1.807) is 4.52 Å². The van der Waals surface area contributed by atoms with Gasteiger partial charge in [-0.25, -0.2) is 0 Å². The van der Waals surface area contributed by atoms with Gasteiger partial charge in [-0.05, 0) is 6.92 Å². The monoisotopic (exact) mass is 235 g/mol. The Hall–Kier alpha value is -1.85. The molecule has 2 N–H and O–H groups in total. The van der Waals surface area contributed by atoms with E-state index in [0.29, 0.717) is 12.2 Å². The lowest BCUT2D eigenvalue weighted by atomic mass is 9.93. The zero-order valence-electron chi connectivity index (χ0n) is 10.5. The van der Waals surface area contributed by atoms with E-state index in [0.717, 1.165) is 11.3 Å². The summed E-state index contributed by atoms with van der Waals surface area (Å²) < 4.78 is 1.74. The number of fused-ring (bicyclic) bond motifs is 1. The topological polar surface area (TPSA) is 75.1 Å². The summed E-state index contributed by atoms with van der Waals surface area (Å²) in [5.74, 6) is 0.697. The molecule has 2 heterocycles. The molecule has 0 saturated carbocycles. The van der Waals surface area contributed by atoms with Crippen LogP contribution in [0.15, 0.2) is 6.07 Å². The van der Waals surface area contributed by atoms with Gasteiger partial charge in [0.1, 0.15) is 0 Å². The van der Waals surface area contributed by atoms with E-state index in [2.05, 4.69) is 41.4 Å². The average Bonchev–Trinajstić information content (AvgIpc) is 2.73. The molecule has 0 spiro atoms. The highest BCUT2D eigenvalue weighted by Crippen LogP contribution is 2.22. The number of nitrogens with one attached hydrogen (secondary N) is 2. The van der Waals surface area contributed by atoms with Crippen LogP contribution in [0.5, 0.6) is 0 Å². The van der Waals surface area contributed by atoms with Gasteiger partial charge in [-0.3, -0.25) is 9.89 Å². The zero-order chi connectivity index (χ0) is 12.6. The summed E-state index contributed by atoms with van der Waals surface area (Å²) in [5, 5.41) is 14.2. The van der Waals surface area contributed by atoms with E-state index in [9.17, 15) is 4.79 Å². The van der Waals surface area contributed by atoms with Crippen molar-refractivity contribution in [2.24, 2.45) is 0 Å². The Labute approximate surface area is 99.4 Å². The number of H-pyrrole nitrogens is 1. The Kier molecular flexibility index (Phi) is 2.65. The maximum Gasteiger partial charge on any atom is 0.207 e. The molecular formula is C11H17N5O. The Morgan fingerprint density at radius 3 is 2.82 bits per heavy atom. The average molecular weight is 235 g/mol. The highest BCUT2D eigenvalue weighted by atomic mass is 16.1. The highest BCUT2D eigenvalue weighted by molar-refractivity contribution is 5.47. The van der Waals surface area contributed by atoms with E-state index >= 15 is 0 Å². The molecule has 2 rings (SSSR count). The molecule has 6 nitrogen and oxygen atoms in total. The fourth-order valence-corrected chi connectivity index (χ4v) is 1.62. The number of nitrogens with zero attached hydrogens (tertiary/aromatic N) is 3. The van der Waals surface area contributed by atoms with E-state index < -0.39 is 0 Å². The summed E-state index contributed by atoms with van der Waals surface area (Å²) in [6.45, 7) is 8.18. The number of hydrogen-bond acceptors (Lipinski definition) is 3. The van der Waals surface area contributed by atoms with Crippen LogP contribution in [0.25, 0.3) is 5.65 Å². The van der Waals surface area contributed by atoms with Crippen LogP contribution >= 0.6 is 0 Å². The van der Waals surface area contributed by atoms with Crippen LogP contribution in [-0.2, 0) is 10.2 Å². The Morgan fingerprint density at radius 2 is 2.24 bits per heavy atom. The molecule has 92 valence electrons. The number of rotatable bonds is 3. The SMILES string of the molecule is CC(NC=O)c1n[nH]c2cc(C(C)(C)C)nn12. The van der Waals surface area contributed by atoms with E-state index in [-0.39, 0.29) is 11.5 Å². The van der Waals surface area contributed by atoms with Gasteiger partial charge in [-0.2, -0.15) is 14.7 Å². The molecule has 2 aromatic rings. The first kappa shape index (κ1) is 11.6. The first-order valence-electron chi connectivity index (χ1n) is 5.57. The second-order valence-electron chi connectivity index (χ2n) is 5.16. The minimum atomic E-state index is -0.172. The highest BCUT2D eigenvalue weighted by Gasteiger charge is 2.21. The van der Waals surface area contributed by atoms with Gasteiger partial charge in [0.15, 0.2) is 11.5 Å². The summed E-state index contributed by atoms with van der Waals surface area (Å²) in [6.07, 6.45) is 0.666. The minimum Gasteiger partial charge on any atom is -0.349 e. The zero-order valence-corrected chi connectivity index (χ0v) is 10.5. The van der Waals surface area contributed by atoms with Crippen LogP contribution in [0.4, 0.5) is 0 Å². The van der Waals surface area contributed by atoms with Crippen molar-refractivity contribution < 1.29 is 4.79 Å². The van der Waals surface area contributed by atoms with Crippen molar-refractivity contribution in [2.45, 2.75) is 39.2 Å². The third-order valence-corrected chi connectivity index (χ3v) is 2.69. The van der Waals surface area contributed by atoms with Gasteiger partial charge in [0.05, 0.1) is 11.7 Å². The molecule has 1 amide bonds. The normalized spacial score (nSPS) is 13.9. The quantitative estimate of drug-likeness (QED) is 0.784. The van der Waals surface area contributed by atoms with Gasteiger partial charge in [0.25, 0.3) is 0 Å². The Morgan fingerprint density at radius 1 is 1.53 bits per heavy atom. The van der Waals surface area contributed by atoms with Gasteiger partial charge < -0.3 is 5.32 Å². The Balaban J connectivity index is 2.46. The molecule has 0 saturated heterocycles. The summed E-state index contributed by atoms with van der Waals surface area (Å²) in [7, 11) is 0. The van der Waals surface area contributed by atoms with Gasteiger partial charge in [-0.1, -0.05) is 20.8 Å². The molecule has 0 fully saturated rings. The Bertz CT molecular complexity index is 534. The first-order valence-corrected chi connectivity index (χ1v) is 5.57. The minimum absolute atomic E-state index is 0.00848. The lowest BCUT2D eigenvalue weighted by Crippen LogP contribution is -2.19. The van der Waals surface area contributed by atoms with E-state index in [1.165, 1.54) is 0 Å². The summed E-state index contributed by atoms with van der Waals surface area (Å²) in [6, 6.07) is 1.80. The molecule has 0 aliphatic carbocycles. The summed E-state index contributed by atoms with van der Waals surface area (Å²) in [5.41, 5.74) is 1.82. The molecule has 1 atom stereocenters. The van der Waals surface area contributed by atoms with E-state index in [1.807, 2.05) is 13.0 Å². The summed E-state index contributed by atoms with van der Waals surface area (Å²) >= 11 is 0. The molecule has 0 aliphatic rings. The number of aromatic nitrogens is 4. The van der Waals surface area contributed by atoms with Gasteiger partial charge in [0.2, 0.25) is 6.41 Å². The smallest absolute Gasteiger partial charge is 0.207 e. The molecule has 0 aliphatic heterocycles. The number of carbonyl (C=O) groups is 1. The molecule has 1 unspecified atom stereocenters.